The van der Waals surface area contributed by atoms with Crippen LogP contribution < -0.4 is 0 Å². The number of nitrogens with zero attached hydrogens (tertiary/aromatic N) is 1. The minimum atomic E-state index is -0.745. The van der Waals surface area contributed by atoms with Crippen LogP contribution in [0.4, 0.5) is 0 Å². The Morgan fingerprint density at radius 3 is 3.00 bits per heavy atom. The smallest absolute Gasteiger partial charge is 0.186 e. The van der Waals surface area contributed by atoms with Crippen LogP contribution in [-0.4, -0.2) is 66.4 Å². The van der Waals surface area contributed by atoms with Crippen LogP contribution >= 0.6 is 0 Å². The van der Waals surface area contributed by atoms with E-state index in [-0.39, 0.29) is 12.2 Å². The van der Waals surface area contributed by atoms with Gasteiger partial charge in [0.05, 0.1) is 0 Å². The van der Waals surface area contributed by atoms with Crippen molar-refractivity contribution in [3.8, 4) is 0 Å². The number of aliphatic hydroxyl groups is 1. The molecule has 148 valence electrons. The number of aromatic amines is 1. The lowest BCUT2D eigenvalue weighted by atomic mass is 10.0. The number of aliphatic hydroxyl groups excluding tert-OH is 1. The Balaban J connectivity index is 1.46. The van der Waals surface area contributed by atoms with E-state index >= 15 is 0 Å². The minimum absolute atomic E-state index is 0.187. The summed E-state index contributed by atoms with van der Waals surface area (Å²) in [5.41, 5.74) is 3.92. The van der Waals surface area contributed by atoms with Gasteiger partial charge in [-0.1, -0.05) is 31.5 Å². The third kappa shape index (κ3) is 3.77. The highest BCUT2D eigenvalue weighted by atomic mass is 16.7. The van der Waals surface area contributed by atoms with Crippen molar-refractivity contribution >= 4 is 10.9 Å². The van der Waals surface area contributed by atoms with E-state index in [1.807, 2.05) is 0 Å². The predicted octanol–water partition coefficient (Wildman–Crippen LogP) is 2.44. The van der Waals surface area contributed by atoms with E-state index in [9.17, 15) is 5.11 Å². The van der Waals surface area contributed by atoms with Gasteiger partial charge in [0.2, 0.25) is 0 Å². The third-order valence-electron chi connectivity index (χ3n) is 5.73. The molecule has 0 bridgehead atoms. The molecule has 1 aromatic carbocycles. The fourth-order valence-electron chi connectivity index (χ4n) is 4.25. The first-order valence-corrected chi connectivity index (χ1v) is 10.00. The molecular weight excluding hydrogens is 344 g/mol. The highest BCUT2D eigenvalue weighted by Crippen LogP contribution is 2.30. The van der Waals surface area contributed by atoms with Gasteiger partial charge in [0.1, 0.15) is 18.3 Å². The number of nitrogens with one attached hydrogen (secondary N) is 1. The molecule has 2 N–H and O–H groups in total. The van der Waals surface area contributed by atoms with E-state index in [0.717, 1.165) is 38.9 Å². The van der Waals surface area contributed by atoms with Crippen LogP contribution in [0, 0.1) is 0 Å². The van der Waals surface area contributed by atoms with Gasteiger partial charge in [-0.3, -0.25) is 4.90 Å². The zero-order valence-corrected chi connectivity index (χ0v) is 16.2. The Bertz CT molecular complexity index is 762. The lowest BCUT2D eigenvalue weighted by Crippen LogP contribution is -2.43. The van der Waals surface area contributed by atoms with Gasteiger partial charge in [0.25, 0.3) is 0 Å². The summed E-state index contributed by atoms with van der Waals surface area (Å²) >= 11 is 0. The summed E-state index contributed by atoms with van der Waals surface area (Å²) in [6.45, 7) is 5.35. The summed E-state index contributed by atoms with van der Waals surface area (Å²) in [5.74, 6) is 0. The van der Waals surface area contributed by atoms with Crippen LogP contribution in [0.1, 0.15) is 31.0 Å². The quantitative estimate of drug-likeness (QED) is 0.729. The summed E-state index contributed by atoms with van der Waals surface area (Å²) in [7, 11) is 1.57. The van der Waals surface area contributed by atoms with Crippen LogP contribution in [0.2, 0.25) is 0 Å². The second-order valence-electron chi connectivity index (χ2n) is 7.57. The molecule has 0 amide bonds. The van der Waals surface area contributed by atoms with Gasteiger partial charge in [-0.05, 0) is 18.1 Å². The molecule has 6 nitrogen and oxygen atoms in total. The molecule has 3 heterocycles. The maximum absolute atomic E-state index is 10.5. The minimum Gasteiger partial charge on any atom is -0.385 e. The summed E-state index contributed by atoms with van der Waals surface area (Å²) in [5, 5.41) is 11.8. The molecule has 1 fully saturated rings. The number of aromatic nitrogens is 1. The number of para-hydroxylation sites is 1. The maximum atomic E-state index is 10.5. The Morgan fingerprint density at radius 1 is 1.33 bits per heavy atom. The molecule has 2 aliphatic rings. The molecule has 2 aromatic rings. The van der Waals surface area contributed by atoms with Crippen LogP contribution in [0.25, 0.3) is 10.9 Å². The zero-order chi connectivity index (χ0) is 18.8. The lowest BCUT2D eigenvalue weighted by Gasteiger charge is -2.31. The molecule has 0 saturated carbocycles. The number of unbranched alkanes of at least 4 members (excludes halogenated alkanes) is 1. The van der Waals surface area contributed by atoms with Crippen molar-refractivity contribution in [3.05, 3.63) is 35.5 Å². The largest absolute Gasteiger partial charge is 0.385 e. The number of H-pyrrole nitrogens is 1. The molecule has 4 unspecified atom stereocenters. The van der Waals surface area contributed by atoms with Crippen molar-refractivity contribution in [2.75, 3.05) is 26.8 Å². The fourth-order valence-corrected chi connectivity index (χ4v) is 4.25. The summed E-state index contributed by atoms with van der Waals surface area (Å²) < 4.78 is 17.3. The van der Waals surface area contributed by atoms with Gasteiger partial charge in [-0.2, -0.15) is 0 Å². The number of benzene rings is 1. The number of methoxy groups -OCH3 is 1. The standard InChI is InChI=1S/C21H30N2O4/c1-3-4-11-26-20-18(27-21(25-2)19(20)24)13-23-10-9-17-15(12-23)14-7-5-6-8-16(14)22-17/h5-8,18-22,24H,3-4,9-13H2,1-2H3. The number of ether oxygens (including phenoxy) is 3. The van der Waals surface area contributed by atoms with Gasteiger partial charge >= 0.3 is 0 Å². The van der Waals surface area contributed by atoms with Crippen molar-refractivity contribution in [1.29, 1.82) is 0 Å². The average Bonchev–Trinajstić information content (AvgIpc) is 3.20. The Kier molecular flexibility index (Phi) is 5.80. The molecule has 0 radical (unpaired) electrons. The molecule has 2 aliphatic heterocycles. The van der Waals surface area contributed by atoms with Crippen LogP contribution in [0.15, 0.2) is 24.3 Å². The van der Waals surface area contributed by atoms with Gasteiger partial charge in [-0.25, -0.2) is 0 Å². The monoisotopic (exact) mass is 374 g/mol. The van der Waals surface area contributed by atoms with Crippen molar-refractivity contribution in [2.24, 2.45) is 0 Å². The molecule has 1 aromatic heterocycles. The normalized spacial score (nSPS) is 28.7. The van der Waals surface area contributed by atoms with Crippen molar-refractivity contribution in [3.63, 3.8) is 0 Å². The first kappa shape index (κ1) is 18.9. The van der Waals surface area contributed by atoms with Crippen molar-refractivity contribution in [1.82, 2.24) is 9.88 Å². The first-order valence-electron chi connectivity index (χ1n) is 10.00. The van der Waals surface area contributed by atoms with E-state index in [0.29, 0.717) is 6.61 Å². The van der Waals surface area contributed by atoms with Gasteiger partial charge in [0, 0.05) is 56.4 Å². The second-order valence-corrected chi connectivity index (χ2v) is 7.57. The molecule has 6 heteroatoms. The highest BCUT2D eigenvalue weighted by Gasteiger charge is 2.45. The van der Waals surface area contributed by atoms with E-state index in [1.54, 1.807) is 7.11 Å². The van der Waals surface area contributed by atoms with Gasteiger partial charge < -0.3 is 24.3 Å². The Morgan fingerprint density at radius 2 is 2.19 bits per heavy atom. The van der Waals surface area contributed by atoms with E-state index in [4.69, 9.17) is 14.2 Å². The number of fused-ring (bicyclic) bond motifs is 3. The average molecular weight is 374 g/mol. The van der Waals surface area contributed by atoms with E-state index in [2.05, 4.69) is 41.1 Å². The summed E-state index contributed by atoms with van der Waals surface area (Å²) in [6.07, 6.45) is 1.15. The predicted molar refractivity (Wildman–Crippen MR) is 104 cm³/mol. The zero-order valence-electron chi connectivity index (χ0n) is 16.2. The van der Waals surface area contributed by atoms with E-state index < -0.39 is 12.4 Å². The van der Waals surface area contributed by atoms with Gasteiger partial charge in [0.15, 0.2) is 6.29 Å². The molecular formula is C21H30N2O4. The Hall–Kier alpha value is -1.44. The molecule has 4 rings (SSSR count). The molecule has 0 spiro atoms. The third-order valence-corrected chi connectivity index (χ3v) is 5.73. The molecule has 0 aliphatic carbocycles. The topological polar surface area (TPSA) is 67.0 Å². The molecule has 1 saturated heterocycles. The van der Waals surface area contributed by atoms with Crippen LogP contribution in [0.5, 0.6) is 0 Å². The maximum Gasteiger partial charge on any atom is 0.186 e. The fraction of sp³-hybridized carbons (Fsp3) is 0.619. The van der Waals surface area contributed by atoms with Crippen LogP contribution in [0.3, 0.4) is 0 Å². The number of rotatable bonds is 7. The van der Waals surface area contributed by atoms with Crippen LogP contribution in [-0.2, 0) is 27.2 Å². The summed E-state index contributed by atoms with van der Waals surface area (Å²) in [6, 6.07) is 8.47. The second kappa shape index (κ2) is 8.29. The van der Waals surface area contributed by atoms with E-state index in [1.165, 1.54) is 22.2 Å². The first-order chi connectivity index (χ1) is 13.2. The number of hydrogen-bond donors (Lipinski definition) is 2. The van der Waals surface area contributed by atoms with Gasteiger partial charge in [-0.15, -0.1) is 0 Å². The SMILES string of the molecule is CCCCOC1C(CN2CCc3[nH]c4ccccc4c3C2)OC(OC)C1O. The lowest BCUT2D eigenvalue weighted by molar-refractivity contribution is -0.151. The summed E-state index contributed by atoms with van der Waals surface area (Å²) in [4.78, 5) is 5.95. The Labute approximate surface area is 160 Å². The van der Waals surface area contributed by atoms with Crippen molar-refractivity contribution < 1.29 is 19.3 Å². The number of hydrogen-bond acceptors (Lipinski definition) is 5. The highest BCUT2D eigenvalue weighted by molar-refractivity contribution is 5.84. The molecule has 27 heavy (non-hydrogen) atoms. The molecule has 4 atom stereocenters. The van der Waals surface area contributed by atoms with Crippen molar-refractivity contribution in [2.45, 2.75) is 57.3 Å².